The monoisotopic (exact) mass is 312 g/mol. The van der Waals surface area contributed by atoms with E-state index in [-0.39, 0.29) is 0 Å². The van der Waals surface area contributed by atoms with E-state index in [4.69, 9.17) is 9.47 Å². The first-order valence-corrected chi connectivity index (χ1v) is 8.13. The Hall–Kier alpha value is -2.04. The van der Waals surface area contributed by atoms with Crippen molar-refractivity contribution in [1.29, 1.82) is 0 Å². The molecule has 0 aromatic heterocycles. The van der Waals surface area contributed by atoms with Crippen molar-refractivity contribution in [2.75, 3.05) is 39.9 Å². The lowest BCUT2D eigenvalue weighted by Gasteiger charge is -2.36. The molecule has 0 saturated carbocycles. The molecule has 1 saturated heterocycles. The maximum Gasteiger partial charge on any atom is 0.119 e. The molecule has 2 aromatic carbocycles. The van der Waals surface area contributed by atoms with Crippen molar-refractivity contribution >= 4 is 0 Å². The summed E-state index contributed by atoms with van der Waals surface area (Å²) in [6, 6.07) is 18.9. The lowest BCUT2D eigenvalue weighted by atomic mass is 10.0. The molecule has 4 heteroatoms. The molecule has 0 amide bonds. The number of benzene rings is 2. The second-order valence-electron chi connectivity index (χ2n) is 5.69. The highest BCUT2D eigenvalue weighted by molar-refractivity contribution is 5.31. The van der Waals surface area contributed by atoms with Crippen LogP contribution in [-0.2, 0) is 0 Å². The summed E-state index contributed by atoms with van der Waals surface area (Å²) in [5.74, 6) is 1.74. The number of nitrogens with zero attached hydrogens (tertiary/aromatic N) is 1. The predicted octanol–water partition coefficient (Wildman–Crippen LogP) is 2.72. The van der Waals surface area contributed by atoms with Crippen LogP contribution >= 0.6 is 0 Å². The Balaban J connectivity index is 1.55. The van der Waals surface area contributed by atoms with Crippen molar-refractivity contribution in [3.63, 3.8) is 0 Å². The summed E-state index contributed by atoms with van der Waals surface area (Å²) in [5.41, 5.74) is 1.36. The third-order valence-corrected chi connectivity index (χ3v) is 4.25. The summed E-state index contributed by atoms with van der Waals surface area (Å²) >= 11 is 0. The van der Waals surface area contributed by atoms with Crippen LogP contribution in [0.2, 0.25) is 0 Å². The summed E-state index contributed by atoms with van der Waals surface area (Å²) < 4.78 is 11.0. The Kier molecular flexibility index (Phi) is 5.51. The van der Waals surface area contributed by atoms with Gasteiger partial charge in [0.05, 0.1) is 7.11 Å². The van der Waals surface area contributed by atoms with Crippen LogP contribution < -0.4 is 14.8 Å². The first-order chi connectivity index (χ1) is 11.4. The van der Waals surface area contributed by atoms with Crippen molar-refractivity contribution in [3.8, 4) is 11.5 Å². The topological polar surface area (TPSA) is 33.7 Å². The molecule has 1 atom stereocenters. The van der Waals surface area contributed by atoms with Gasteiger partial charge in [0.15, 0.2) is 0 Å². The van der Waals surface area contributed by atoms with Crippen LogP contribution in [0.1, 0.15) is 11.6 Å². The largest absolute Gasteiger partial charge is 0.497 e. The molecule has 1 heterocycles. The minimum atomic E-state index is 0.421. The number of nitrogens with one attached hydrogen (secondary N) is 1. The van der Waals surface area contributed by atoms with Gasteiger partial charge in [-0.05, 0) is 29.8 Å². The Morgan fingerprint density at radius 1 is 1.04 bits per heavy atom. The standard InChI is InChI=1S/C19H24N2O2/c1-22-17-7-9-18(10-8-17)23-14-13-21-12-11-20-15-19(21)16-5-3-2-4-6-16/h2-10,19-20H,11-15H2,1H3. The highest BCUT2D eigenvalue weighted by Gasteiger charge is 2.23. The number of rotatable bonds is 6. The van der Waals surface area contributed by atoms with E-state index in [0.717, 1.165) is 37.7 Å². The summed E-state index contributed by atoms with van der Waals surface area (Å²) in [7, 11) is 1.67. The average molecular weight is 312 g/mol. The molecule has 1 N–H and O–H groups in total. The van der Waals surface area contributed by atoms with Gasteiger partial charge < -0.3 is 14.8 Å². The molecule has 0 radical (unpaired) electrons. The van der Waals surface area contributed by atoms with Crippen LogP contribution in [0.3, 0.4) is 0 Å². The molecule has 4 nitrogen and oxygen atoms in total. The van der Waals surface area contributed by atoms with Gasteiger partial charge in [0.1, 0.15) is 18.1 Å². The smallest absolute Gasteiger partial charge is 0.119 e. The molecule has 1 fully saturated rings. The fourth-order valence-corrected chi connectivity index (χ4v) is 2.97. The number of methoxy groups -OCH3 is 1. The maximum atomic E-state index is 5.87. The molecule has 1 unspecified atom stereocenters. The Morgan fingerprint density at radius 3 is 2.52 bits per heavy atom. The molecule has 1 aliphatic heterocycles. The average Bonchev–Trinajstić information content (AvgIpc) is 2.63. The molecule has 2 aromatic rings. The van der Waals surface area contributed by atoms with Gasteiger partial charge in [-0.25, -0.2) is 0 Å². The normalized spacial score (nSPS) is 18.6. The molecular formula is C19H24N2O2. The molecule has 0 aliphatic carbocycles. The van der Waals surface area contributed by atoms with Gasteiger partial charge in [-0.3, -0.25) is 4.90 Å². The van der Waals surface area contributed by atoms with Gasteiger partial charge in [-0.1, -0.05) is 30.3 Å². The highest BCUT2D eigenvalue weighted by atomic mass is 16.5. The first kappa shape index (κ1) is 15.8. The first-order valence-electron chi connectivity index (χ1n) is 8.13. The molecule has 0 bridgehead atoms. The van der Waals surface area contributed by atoms with E-state index in [0.29, 0.717) is 12.6 Å². The van der Waals surface area contributed by atoms with Gasteiger partial charge in [0.2, 0.25) is 0 Å². The lowest BCUT2D eigenvalue weighted by Crippen LogP contribution is -2.47. The molecule has 1 aliphatic rings. The van der Waals surface area contributed by atoms with E-state index < -0.39 is 0 Å². The van der Waals surface area contributed by atoms with Gasteiger partial charge >= 0.3 is 0 Å². The Morgan fingerprint density at radius 2 is 1.78 bits per heavy atom. The van der Waals surface area contributed by atoms with Gasteiger partial charge in [0, 0.05) is 32.2 Å². The van der Waals surface area contributed by atoms with Crippen molar-refractivity contribution < 1.29 is 9.47 Å². The number of ether oxygens (including phenoxy) is 2. The van der Waals surface area contributed by atoms with Gasteiger partial charge in [0.25, 0.3) is 0 Å². The van der Waals surface area contributed by atoms with Crippen LogP contribution in [0.25, 0.3) is 0 Å². The Bertz CT molecular complexity index is 586. The van der Waals surface area contributed by atoms with Crippen molar-refractivity contribution in [3.05, 3.63) is 60.2 Å². The van der Waals surface area contributed by atoms with Crippen LogP contribution in [0.5, 0.6) is 11.5 Å². The van der Waals surface area contributed by atoms with Gasteiger partial charge in [-0.15, -0.1) is 0 Å². The fraction of sp³-hybridized carbons (Fsp3) is 0.368. The van der Waals surface area contributed by atoms with Crippen molar-refractivity contribution in [2.45, 2.75) is 6.04 Å². The Labute approximate surface area is 138 Å². The SMILES string of the molecule is COc1ccc(OCCN2CCNCC2c2ccccc2)cc1. The van der Waals surface area contributed by atoms with Crippen LogP contribution in [0, 0.1) is 0 Å². The zero-order valence-corrected chi connectivity index (χ0v) is 13.6. The zero-order chi connectivity index (χ0) is 15.9. The van der Waals surface area contributed by atoms with E-state index in [1.54, 1.807) is 7.11 Å². The zero-order valence-electron chi connectivity index (χ0n) is 13.6. The third-order valence-electron chi connectivity index (χ3n) is 4.25. The fourth-order valence-electron chi connectivity index (χ4n) is 2.97. The van der Waals surface area contributed by atoms with Gasteiger partial charge in [-0.2, -0.15) is 0 Å². The highest BCUT2D eigenvalue weighted by Crippen LogP contribution is 2.22. The minimum absolute atomic E-state index is 0.421. The maximum absolute atomic E-state index is 5.87. The quantitative estimate of drug-likeness (QED) is 0.889. The molecule has 0 spiro atoms. The van der Waals surface area contributed by atoms with E-state index in [2.05, 4.69) is 40.5 Å². The molecular weight excluding hydrogens is 288 g/mol. The molecule has 122 valence electrons. The predicted molar refractivity (Wildman–Crippen MR) is 92.1 cm³/mol. The van der Waals surface area contributed by atoms with Crippen LogP contribution in [-0.4, -0.2) is 44.8 Å². The lowest BCUT2D eigenvalue weighted by molar-refractivity contribution is 0.134. The molecule has 3 rings (SSSR count). The second-order valence-corrected chi connectivity index (χ2v) is 5.69. The van der Waals surface area contributed by atoms with Crippen LogP contribution in [0.4, 0.5) is 0 Å². The summed E-state index contributed by atoms with van der Waals surface area (Å²) in [6.45, 7) is 4.69. The number of piperazine rings is 1. The second kappa shape index (κ2) is 7.99. The summed E-state index contributed by atoms with van der Waals surface area (Å²) in [5, 5.41) is 3.49. The van der Waals surface area contributed by atoms with Crippen molar-refractivity contribution in [2.24, 2.45) is 0 Å². The van der Waals surface area contributed by atoms with E-state index in [1.165, 1.54) is 5.56 Å². The molecule has 23 heavy (non-hydrogen) atoms. The van der Waals surface area contributed by atoms with E-state index in [9.17, 15) is 0 Å². The summed E-state index contributed by atoms with van der Waals surface area (Å²) in [4.78, 5) is 2.50. The third kappa shape index (κ3) is 4.24. The number of hydrogen-bond acceptors (Lipinski definition) is 4. The van der Waals surface area contributed by atoms with Crippen LogP contribution in [0.15, 0.2) is 54.6 Å². The number of hydrogen-bond donors (Lipinski definition) is 1. The van der Waals surface area contributed by atoms with E-state index in [1.807, 2.05) is 24.3 Å². The van der Waals surface area contributed by atoms with Crippen molar-refractivity contribution in [1.82, 2.24) is 10.2 Å². The summed E-state index contributed by atoms with van der Waals surface area (Å²) in [6.07, 6.45) is 0. The minimum Gasteiger partial charge on any atom is -0.497 e. The van der Waals surface area contributed by atoms with E-state index >= 15 is 0 Å².